The molecule has 1 saturated carbocycles. The van der Waals surface area contributed by atoms with Gasteiger partial charge in [0.05, 0.1) is 12.0 Å². The topological polar surface area (TPSA) is 91.7 Å². The molecular weight excluding hydrogens is 260 g/mol. The number of carboxylic acid groups (broad SMARTS) is 1. The van der Waals surface area contributed by atoms with E-state index in [1.165, 1.54) is 0 Å². The molecule has 1 rings (SSSR count). The van der Waals surface area contributed by atoms with Gasteiger partial charge >= 0.3 is 5.97 Å². The Morgan fingerprint density at radius 3 is 2.55 bits per heavy atom. The van der Waals surface area contributed by atoms with Gasteiger partial charge in [0, 0.05) is 24.7 Å². The molecule has 0 saturated heterocycles. The number of ketones is 1. The zero-order chi connectivity index (χ0) is 15.1. The average Bonchev–Trinajstić information content (AvgIpc) is 2.71. The van der Waals surface area contributed by atoms with Gasteiger partial charge in [-0.15, -0.1) is 0 Å². The molecule has 1 fully saturated rings. The summed E-state index contributed by atoms with van der Waals surface area (Å²) in [5, 5.41) is 18.9. The van der Waals surface area contributed by atoms with Gasteiger partial charge in [0.25, 0.3) is 0 Å². The van der Waals surface area contributed by atoms with Crippen LogP contribution in [0.4, 0.5) is 0 Å². The number of hydrogen-bond donors (Lipinski definition) is 2. The van der Waals surface area contributed by atoms with Crippen molar-refractivity contribution in [3.63, 3.8) is 0 Å². The molecule has 0 heterocycles. The predicted octanol–water partition coefficient (Wildman–Crippen LogP) is 1.81. The zero-order valence-electron chi connectivity index (χ0n) is 12.0. The first-order valence-electron chi connectivity index (χ1n) is 7.36. The molecule has 0 radical (unpaired) electrons. The summed E-state index contributed by atoms with van der Waals surface area (Å²) in [6, 6.07) is 0. The minimum atomic E-state index is -0.979. The minimum absolute atomic E-state index is 0.0313. The third-order valence-electron chi connectivity index (χ3n) is 4.24. The van der Waals surface area contributed by atoms with Crippen molar-refractivity contribution in [2.75, 3.05) is 0 Å². The lowest BCUT2D eigenvalue weighted by Crippen LogP contribution is -2.31. The fourth-order valence-corrected chi connectivity index (χ4v) is 3.12. The first kappa shape index (κ1) is 16.8. The van der Waals surface area contributed by atoms with Crippen LogP contribution in [-0.2, 0) is 14.4 Å². The Morgan fingerprint density at radius 1 is 1.35 bits per heavy atom. The molecule has 0 aliphatic heterocycles. The third-order valence-corrected chi connectivity index (χ3v) is 4.24. The van der Waals surface area contributed by atoms with Gasteiger partial charge in [0.2, 0.25) is 0 Å². The first-order chi connectivity index (χ1) is 9.49. The largest absolute Gasteiger partial charge is 0.481 e. The van der Waals surface area contributed by atoms with Crippen LogP contribution >= 0.6 is 0 Å². The average molecular weight is 284 g/mol. The molecular formula is C15H24O5. The normalized spacial score (nSPS) is 27.5. The Hall–Kier alpha value is -1.23. The molecule has 1 aliphatic carbocycles. The summed E-state index contributed by atoms with van der Waals surface area (Å²) >= 11 is 0. The van der Waals surface area contributed by atoms with E-state index in [4.69, 9.17) is 0 Å². The van der Waals surface area contributed by atoms with Crippen LogP contribution in [0.5, 0.6) is 0 Å². The second-order valence-electron chi connectivity index (χ2n) is 5.70. The molecule has 0 bridgehead atoms. The standard InChI is InChI=1S/C15H24O5/c1-10(17)12-9-13(18)11(14(12)15(19)20)7-5-3-2-4-6-8-16/h8,10-12,14,17H,2-7,9H2,1H3,(H,19,20). The van der Waals surface area contributed by atoms with E-state index in [9.17, 15) is 24.6 Å². The van der Waals surface area contributed by atoms with Gasteiger partial charge < -0.3 is 15.0 Å². The molecule has 114 valence electrons. The molecule has 5 nitrogen and oxygen atoms in total. The van der Waals surface area contributed by atoms with E-state index in [-0.39, 0.29) is 12.2 Å². The van der Waals surface area contributed by atoms with Crippen LogP contribution in [-0.4, -0.2) is 34.4 Å². The van der Waals surface area contributed by atoms with E-state index in [0.717, 1.165) is 32.0 Å². The minimum Gasteiger partial charge on any atom is -0.481 e. The van der Waals surface area contributed by atoms with Crippen LogP contribution < -0.4 is 0 Å². The summed E-state index contributed by atoms with van der Waals surface area (Å²) in [6.45, 7) is 1.55. The third kappa shape index (κ3) is 4.40. The highest BCUT2D eigenvalue weighted by Gasteiger charge is 2.47. The quantitative estimate of drug-likeness (QED) is 0.497. The number of aldehydes is 1. The Labute approximate surface area is 119 Å². The van der Waals surface area contributed by atoms with E-state index in [1.54, 1.807) is 6.92 Å². The maximum atomic E-state index is 11.9. The number of carbonyl (C=O) groups is 3. The molecule has 1 aliphatic rings. The maximum Gasteiger partial charge on any atom is 0.307 e. The van der Waals surface area contributed by atoms with E-state index >= 15 is 0 Å². The lowest BCUT2D eigenvalue weighted by atomic mass is 9.84. The van der Waals surface area contributed by atoms with Gasteiger partial charge in [-0.1, -0.05) is 19.3 Å². The van der Waals surface area contributed by atoms with Gasteiger partial charge in [-0.05, 0) is 19.8 Å². The Balaban J connectivity index is 2.47. The van der Waals surface area contributed by atoms with Crippen molar-refractivity contribution in [2.24, 2.45) is 17.8 Å². The van der Waals surface area contributed by atoms with Gasteiger partial charge in [-0.3, -0.25) is 9.59 Å². The van der Waals surface area contributed by atoms with Crippen molar-refractivity contribution in [3.05, 3.63) is 0 Å². The molecule has 0 aromatic heterocycles. The number of hydrogen-bond acceptors (Lipinski definition) is 4. The van der Waals surface area contributed by atoms with Crippen LogP contribution in [0.25, 0.3) is 0 Å². The van der Waals surface area contributed by atoms with Gasteiger partial charge in [-0.2, -0.15) is 0 Å². The van der Waals surface area contributed by atoms with Crippen LogP contribution in [0.15, 0.2) is 0 Å². The summed E-state index contributed by atoms with van der Waals surface area (Å²) in [7, 11) is 0. The summed E-state index contributed by atoms with van der Waals surface area (Å²) in [4.78, 5) is 33.5. The summed E-state index contributed by atoms with van der Waals surface area (Å²) < 4.78 is 0. The zero-order valence-corrected chi connectivity index (χ0v) is 12.0. The van der Waals surface area contributed by atoms with Crippen molar-refractivity contribution in [3.8, 4) is 0 Å². The fraction of sp³-hybridized carbons (Fsp3) is 0.800. The fourth-order valence-electron chi connectivity index (χ4n) is 3.12. The monoisotopic (exact) mass is 284 g/mol. The molecule has 0 aromatic rings. The van der Waals surface area contributed by atoms with Crippen LogP contribution in [0, 0.1) is 17.8 Å². The Morgan fingerprint density at radius 2 is 2.00 bits per heavy atom. The number of aliphatic carboxylic acids is 1. The van der Waals surface area contributed by atoms with Crippen molar-refractivity contribution in [1.29, 1.82) is 0 Å². The van der Waals surface area contributed by atoms with Crippen molar-refractivity contribution in [1.82, 2.24) is 0 Å². The number of rotatable bonds is 9. The molecule has 0 spiro atoms. The molecule has 20 heavy (non-hydrogen) atoms. The highest BCUT2D eigenvalue weighted by Crippen LogP contribution is 2.39. The molecule has 0 amide bonds. The number of carbonyl (C=O) groups excluding carboxylic acids is 2. The van der Waals surface area contributed by atoms with Crippen LogP contribution in [0.2, 0.25) is 0 Å². The lowest BCUT2D eigenvalue weighted by molar-refractivity contribution is -0.147. The maximum absolute atomic E-state index is 11.9. The number of unbranched alkanes of at least 4 members (excludes halogenated alkanes) is 4. The van der Waals surface area contributed by atoms with E-state index < -0.39 is 29.8 Å². The van der Waals surface area contributed by atoms with E-state index in [0.29, 0.717) is 12.8 Å². The Bertz CT molecular complexity index is 350. The second kappa shape index (κ2) is 8.15. The predicted molar refractivity (Wildman–Crippen MR) is 73.2 cm³/mol. The van der Waals surface area contributed by atoms with Crippen molar-refractivity contribution < 1.29 is 24.6 Å². The van der Waals surface area contributed by atoms with E-state index in [1.807, 2.05) is 0 Å². The van der Waals surface area contributed by atoms with Gasteiger partial charge in [0.15, 0.2) is 0 Å². The number of aliphatic hydroxyl groups is 1. The molecule has 0 aromatic carbocycles. The Kier molecular flexibility index (Phi) is 6.85. The molecule has 2 N–H and O–H groups in total. The van der Waals surface area contributed by atoms with Gasteiger partial charge in [-0.25, -0.2) is 0 Å². The van der Waals surface area contributed by atoms with Crippen molar-refractivity contribution >= 4 is 18.0 Å². The number of aliphatic hydroxyl groups excluding tert-OH is 1. The highest BCUT2D eigenvalue weighted by atomic mass is 16.4. The van der Waals surface area contributed by atoms with E-state index in [2.05, 4.69) is 0 Å². The van der Waals surface area contributed by atoms with Crippen LogP contribution in [0.1, 0.15) is 51.9 Å². The van der Waals surface area contributed by atoms with Crippen molar-refractivity contribution in [2.45, 2.75) is 58.0 Å². The number of carboxylic acids is 1. The highest BCUT2D eigenvalue weighted by molar-refractivity contribution is 5.90. The summed E-state index contributed by atoms with van der Waals surface area (Å²) in [5.74, 6) is -2.68. The lowest BCUT2D eigenvalue weighted by Gasteiger charge is -2.21. The molecule has 4 unspecified atom stereocenters. The molecule has 5 heteroatoms. The van der Waals surface area contributed by atoms with Crippen LogP contribution in [0.3, 0.4) is 0 Å². The molecule has 4 atom stereocenters. The summed E-state index contributed by atoms with van der Waals surface area (Å²) in [5.41, 5.74) is 0. The first-order valence-corrected chi connectivity index (χ1v) is 7.36. The SMILES string of the molecule is CC(O)C1CC(=O)C(CCCCCCC=O)C1C(=O)O. The van der Waals surface area contributed by atoms with Gasteiger partial charge in [0.1, 0.15) is 12.1 Å². The second-order valence-corrected chi connectivity index (χ2v) is 5.70. The summed E-state index contributed by atoms with van der Waals surface area (Å²) in [6.07, 6.45) is 4.91. The smallest absolute Gasteiger partial charge is 0.307 e. The number of Topliss-reactive ketones (excluding diaryl/α,β-unsaturated/α-hetero) is 1.